The highest BCUT2D eigenvalue weighted by molar-refractivity contribution is 6.32. The Balaban J connectivity index is 1.82. The highest BCUT2D eigenvalue weighted by atomic mass is 35.5. The van der Waals surface area contributed by atoms with E-state index in [1.165, 1.54) is 0 Å². The SMILES string of the molecule is NCCCCNC(=O)c1oc2ccccc2c1COc1ccccc1Cl. The van der Waals surface area contributed by atoms with Crippen LogP contribution in [0, 0.1) is 0 Å². The van der Waals surface area contributed by atoms with Crippen LogP contribution < -0.4 is 15.8 Å². The van der Waals surface area contributed by atoms with Crippen molar-refractivity contribution in [3.05, 3.63) is 64.9 Å². The second-order valence-electron chi connectivity index (χ2n) is 5.88. The Bertz CT molecular complexity index is 892. The molecule has 0 atom stereocenters. The van der Waals surface area contributed by atoms with Crippen molar-refractivity contribution in [2.45, 2.75) is 19.4 Å². The number of unbranched alkanes of at least 4 members (excludes halogenated alkanes) is 1. The number of furan rings is 1. The lowest BCUT2D eigenvalue weighted by Gasteiger charge is -2.09. The minimum Gasteiger partial charge on any atom is -0.487 e. The summed E-state index contributed by atoms with van der Waals surface area (Å²) in [5.74, 6) is 0.579. The van der Waals surface area contributed by atoms with Crippen LogP contribution in [0.4, 0.5) is 0 Å². The molecule has 0 saturated carbocycles. The number of carbonyl (C=O) groups is 1. The fourth-order valence-electron chi connectivity index (χ4n) is 2.69. The number of nitrogens with two attached hydrogens (primary N) is 1. The van der Waals surface area contributed by atoms with E-state index in [-0.39, 0.29) is 18.3 Å². The number of hydrogen-bond acceptors (Lipinski definition) is 4. The minimum atomic E-state index is -0.254. The van der Waals surface area contributed by atoms with E-state index in [0.717, 1.165) is 18.2 Å². The molecule has 3 N–H and O–H groups in total. The van der Waals surface area contributed by atoms with Gasteiger partial charge in [-0.3, -0.25) is 4.79 Å². The molecule has 0 fully saturated rings. The third-order valence-corrected chi connectivity index (χ3v) is 4.34. The van der Waals surface area contributed by atoms with Gasteiger partial charge in [0.25, 0.3) is 5.91 Å². The second-order valence-corrected chi connectivity index (χ2v) is 6.28. The first kappa shape index (κ1) is 18.3. The predicted molar refractivity (Wildman–Crippen MR) is 103 cm³/mol. The first-order valence-electron chi connectivity index (χ1n) is 8.56. The van der Waals surface area contributed by atoms with E-state index in [2.05, 4.69) is 5.32 Å². The molecule has 26 heavy (non-hydrogen) atoms. The van der Waals surface area contributed by atoms with Gasteiger partial charge in [-0.15, -0.1) is 0 Å². The van der Waals surface area contributed by atoms with Crippen LogP contribution in [0.1, 0.15) is 29.0 Å². The van der Waals surface area contributed by atoms with Gasteiger partial charge >= 0.3 is 0 Å². The van der Waals surface area contributed by atoms with Crippen LogP contribution in [0.3, 0.4) is 0 Å². The molecule has 1 heterocycles. The van der Waals surface area contributed by atoms with Crippen LogP contribution in [-0.4, -0.2) is 19.0 Å². The summed E-state index contributed by atoms with van der Waals surface area (Å²) in [6, 6.07) is 14.7. The van der Waals surface area contributed by atoms with Crippen molar-refractivity contribution < 1.29 is 13.9 Å². The first-order valence-corrected chi connectivity index (χ1v) is 8.94. The number of rotatable bonds is 8. The van der Waals surface area contributed by atoms with E-state index in [9.17, 15) is 4.79 Å². The largest absolute Gasteiger partial charge is 0.487 e. The molecule has 3 aromatic rings. The van der Waals surface area contributed by atoms with Gasteiger partial charge in [-0.05, 0) is 37.6 Å². The van der Waals surface area contributed by atoms with Crippen molar-refractivity contribution >= 4 is 28.5 Å². The molecule has 0 aliphatic heterocycles. The Morgan fingerprint density at radius 1 is 1.12 bits per heavy atom. The summed E-state index contributed by atoms with van der Waals surface area (Å²) >= 11 is 6.15. The summed E-state index contributed by atoms with van der Waals surface area (Å²) in [5, 5.41) is 4.25. The Hall–Kier alpha value is -2.50. The minimum absolute atomic E-state index is 0.187. The first-order chi connectivity index (χ1) is 12.7. The Morgan fingerprint density at radius 2 is 1.88 bits per heavy atom. The van der Waals surface area contributed by atoms with Crippen molar-refractivity contribution in [2.24, 2.45) is 5.73 Å². The van der Waals surface area contributed by atoms with Gasteiger partial charge in [0.05, 0.1) is 5.02 Å². The van der Waals surface area contributed by atoms with Crippen molar-refractivity contribution in [3.8, 4) is 5.75 Å². The van der Waals surface area contributed by atoms with Gasteiger partial charge in [0.2, 0.25) is 0 Å². The van der Waals surface area contributed by atoms with Gasteiger partial charge in [0, 0.05) is 17.5 Å². The molecule has 6 heteroatoms. The molecule has 1 aromatic heterocycles. The van der Waals surface area contributed by atoms with Gasteiger partial charge < -0.3 is 20.2 Å². The fraction of sp³-hybridized carbons (Fsp3) is 0.250. The summed E-state index contributed by atoms with van der Waals surface area (Å²) in [6.45, 7) is 1.35. The maximum atomic E-state index is 12.6. The third kappa shape index (κ3) is 4.18. The van der Waals surface area contributed by atoms with Crippen LogP contribution in [0.2, 0.25) is 5.02 Å². The molecule has 0 spiro atoms. The smallest absolute Gasteiger partial charge is 0.287 e. The molecular weight excluding hydrogens is 352 g/mol. The standard InChI is InChI=1S/C20H21ClN2O3/c21-16-8-2-4-10-18(16)25-13-15-14-7-1-3-9-17(14)26-19(15)20(24)23-12-6-5-11-22/h1-4,7-10H,5-6,11-13,22H2,(H,23,24). The van der Waals surface area contributed by atoms with Crippen LogP contribution in [0.5, 0.6) is 5.75 Å². The number of hydrogen-bond donors (Lipinski definition) is 2. The number of nitrogens with one attached hydrogen (secondary N) is 1. The van der Waals surface area contributed by atoms with Crippen LogP contribution >= 0.6 is 11.6 Å². The molecule has 136 valence electrons. The molecule has 0 unspecified atom stereocenters. The number of para-hydroxylation sites is 2. The highest BCUT2D eigenvalue weighted by Gasteiger charge is 2.21. The van der Waals surface area contributed by atoms with Crippen molar-refractivity contribution in [1.82, 2.24) is 5.32 Å². The Morgan fingerprint density at radius 3 is 2.69 bits per heavy atom. The van der Waals surface area contributed by atoms with Crippen LogP contribution in [0.15, 0.2) is 52.9 Å². The topological polar surface area (TPSA) is 77.5 Å². The maximum absolute atomic E-state index is 12.6. The molecule has 3 rings (SSSR count). The Kier molecular flexibility index (Phi) is 6.15. The third-order valence-electron chi connectivity index (χ3n) is 4.03. The molecule has 2 aromatic carbocycles. The zero-order valence-corrected chi connectivity index (χ0v) is 15.1. The normalized spacial score (nSPS) is 10.8. The summed E-state index contributed by atoms with van der Waals surface area (Å²) < 4.78 is 11.6. The number of benzene rings is 2. The molecule has 0 bridgehead atoms. The van der Waals surface area contributed by atoms with Crippen molar-refractivity contribution in [3.63, 3.8) is 0 Å². The summed E-state index contributed by atoms with van der Waals surface area (Å²) in [7, 11) is 0. The zero-order chi connectivity index (χ0) is 18.4. The fourth-order valence-corrected chi connectivity index (χ4v) is 2.88. The van der Waals surface area contributed by atoms with E-state index < -0.39 is 0 Å². The molecule has 0 aliphatic carbocycles. The predicted octanol–water partition coefficient (Wildman–Crippen LogP) is 4.13. The molecule has 1 amide bonds. The lowest BCUT2D eigenvalue weighted by molar-refractivity contribution is 0.0924. The molecule has 0 saturated heterocycles. The summed E-state index contributed by atoms with van der Waals surface area (Å²) in [4.78, 5) is 12.6. The van der Waals surface area contributed by atoms with E-state index in [1.54, 1.807) is 12.1 Å². The molecule has 0 aliphatic rings. The van der Waals surface area contributed by atoms with Crippen molar-refractivity contribution in [2.75, 3.05) is 13.1 Å². The average Bonchev–Trinajstić information content (AvgIpc) is 3.03. The number of amides is 1. The lowest BCUT2D eigenvalue weighted by atomic mass is 10.1. The average molecular weight is 373 g/mol. The summed E-state index contributed by atoms with van der Waals surface area (Å²) in [6.07, 6.45) is 1.69. The Labute approximate surface area is 157 Å². The number of ether oxygens (including phenoxy) is 1. The number of halogens is 1. The van der Waals surface area contributed by atoms with Gasteiger partial charge in [0.15, 0.2) is 5.76 Å². The second kappa shape index (κ2) is 8.74. The molecule has 5 nitrogen and oxygen atoms in total. The highest BCUT2D eigenvalue weighted by Crippen LogP contribution is 2.29. The quantitative estimate of drug-likeness (QED) is 0.583. The zero-order valence-electron chi connectivity index (χ0n) is 14.3. The molecular formula is C20H21ClN2O3. The van der Waals surface area contributed by atoms with Gasteiger partial charge in [-0.2, -0.15) is 0 Å². The van der Waals surface area contributed by atoms with Crippen molar-refractivity contribution in [1.29, 1.82) is 0 Å². The monoisotopic (exact) mass is 372 g/mol. The maximum Gasteiger partial charge on any atom is 0.287 e. The van der Waals surface area contributed by atoms with Crippen LogP contribution in [-0.2, 0) is 6.61 Å². The van der Waals surface area contributed by atoms with E-state index >= 15 is 0 Å². The van der Waals surface area contributed by atoms with E-state index in [4.69, 9.17) is 26.5 Å². The van der Waals surface area contributed by atoms with E-state index in [0.29, 0.717) is 35.0 Å². The van der Waals surface area contributed by atoms with Gasteiger partial charge in [-0.1, -0.05) is 41.9 Å². The number of carbonyl (C=O) groups excluding carboxylic acids is 1. The van der Waals surface area contributed by atoms with Gasteiger partial charge in [0.1, 0.15) is 17.9 Å². The van der Waals surface area contributed by atoms with Gasteiger partial charge in [-0.25, -0.2) is 0 Å². The van der Waals surface area contributed by atoms with Crippen LogP contribution in [0.25, 0.3) is 11.0 Å². The summed E-state index contributed by atoms with van der Waals surface area (Å²) in [5.41, 5.74) is 6.84. The number of fused-ring (bicyclic) bond motifs is 1. The lowest BCUT2D eigenvalue weighted by Crippen LogP contribution is -2.25. The van der Waals surface area contributed by atoms with E-state index in [1.807, 2.05) is 36.4 Å². The molecule has 0 radical (unpaired) electrons.